The quantitative estimate of drug-likeness (QED) is 0.665. The molecule has 0 radical (unpaired) electrons. The normalized spacial score (nSPS) is 9.73. The Balaban J connectivity index is 2.91. The summed E-state index contributed by atoms with van der Waals surface area (Å²) in [5.41, 5.74) is 1.19. The van der Waals surface area contributed by atoms with Gasteiger partial charge in [-0.15, -0.1) is 6.58 Å². The largest absolute Gasteiger partial charge is 0.490 e. The summed E-state index contributed by atoms with van der Waals surface area (Å²) >= 11 is 0. The Labute approximate surface area is 91.5 Å². The van der Waals surface area contributed by atoms with Gasteiger partial charge in [0.05, 0.1) is 13.2 Å². The Morgan fingerprint density at radius 2 is 1.80 bits per heavy atom. The highest BCUT2D eigenvalue weighted by atomic mass is 16.5. The molecule has 2 heteroatoms. The predicted molar refractivity (Wildman–Crippen MR) is 62.7 cm³/mol. The molecule has 0 fully saturated rings. The maximum atomic E-state index is 5.52. The molecule has 1 rings (SSSR count). The van der Waals surface area contributed by atoms with Crippen molar-refractivity contribution in [3.63, 3.8) is 0 Å². The van der Waals surface area contributed by atoms with Gasteiger partial charge >= 0.3 is 0 Å². The third kappa shape index (κ3) is 3.31. The molecule has 0 heterocycles. The molecule has 0 spiro atoms. The number of benzene rings is 1. The van der Waals surface area contributed by atoms with Crippen molar-refractivity contribution in [2.24, 2.45) is 0 Å². The van der Waals surface area contributed by atoms with E-state index < -0.39 is 0 Å². The van der Waals surface area contributed by atoms with Crippen LogP contribution >= 0.6 is 0 Å². The molecule has 0 N–H and O–H groups in total. The lowest BCUT2D eigenvalue weighted by Crippen LogP contribution is -1.99. The topological polar surface area (TPSA) is 18.5 Å². The van der Waals surface area contributed by atoms with Crippen LogP contribution in [0.5, 0.6) is 11.5 Å². The van der Waals surface area contributed by atoms with E-state index in [1.165, 1.54) is 5.56 Å². The summed E-state index contributed by atoms with van der Waals surface area (Å²) in [4.78, 5) is 0. The van der Waals surface area contributed by atoms with Crippen LogP contribution < -0.4 is 9.47 Å². The van der Waals surface area contributed by atoms with Crippen molar-refractivity contribution in [1.29, 1.82) is 0 Å². The predicted octanol–water partition coefficient (Wildman–Crippen LogP) is 3.21. The molecule has 0 saturated carbocycles. The Bertz CT molecular complexity index is 318. The van der Waals surface area contributed by atoms with Crippen LogP contribution in [-0.4, -0.2) is 13.2 Å². The summed E-state index contributed by atoms with van der Waals surface area (Å²) in [5.74, 6) is 1.63. The van der Waals surface area contributed by atoms with E-state index in [4.69, 9.17) is 9.47 Å². The van der Waals surface area contributed by atoms with Gasteiger partial charge in [0.2, 0.25) is 0 Å². The van der Waals surface area contributed by atoms with Crippen molar-refractivity contribution in [3.8, 4) is 11.5 Å². The van der Waals surface area contributed by atoms with Gasteiger partial charge in [0.1, 0.15) is 0 Å². The summed E-state index contributed by atoms with van der Waals surface area (Å²) in [6, 6.07) is 6.00. The first-order valence-electron chi connectivity index (χ1n) is 5.31. The molecule has 1 aromatic rings. The molecule has 0 unspecified atom stereocenters. The van der Waals surface area contributed by atoms with Gasteiger partial charge in [-0.2, -0.15) is 0 Å². The molecule has 0 aliphatic rings. The fraction of sp³-hybridized carbons (Fsp3) is 0.385. The number of allylic oxidation sites excluding steroid dienone is 1. The van der Waals surface area contributed by atoms with Crippen LogP contribution in [0.25, 0.3) is 0 Å². The second kappa shape index (κ2) is 6.12. The summed E-state index contributed by atoms with van der Waals surface area (Å²) in [5, 5.41) is 0. The van der Waals surface area contributed by atoms with E-state index in [0.29, 0.717) is 13.2 Å². The highest BCUT2D eigenvalue weighted by Gasteiger charge is 2.04. The van der Waals surface area contributed by atoms with Crippen LogP contribution in [0.3, 0.4) is 0 Å². The van der Waals surface area contributed by atoms with E-state index in [2.05, 4.69) is 6.58 Å². The third-order valence-corrected chi connectivity index (χ3v) is 1.99. The van der Waals surface area contributed by atoms with E-state index >= 15 is 0 Å². The molecule has 0 atom stereocenters. The van der Waals surface area contributed by atoms with E-state index in [1.54, 1.807) is 0 Å². The molecule has 0 amide bonds. The highest BCUT2D eigenvalue weighted by molar-refractivity contribution is 5.43. The zero-order valence-electron chi connectivity index (χ0n) is 9.45. The Kier molecular flexibility index (Phi) is 4.75. The zero-order chi connectivity index (χ0) is 11.1. The Morgan fingerprint density at radius 3 is 2.40 bits per heavy atom. The average Bonchev–Trinajstić information content (AvgIpc) is 2.23. The van der Waals surface area contributed by atoms with Gasteiger partial charge in [-0.25, -0.2) is 0 Å². The maximum absolute atomic E-state index is 5.52. The van der Waals surface area contributed by atoms with Crippen molar-refractivity contribution >= 4 is 0 Å². The van der Waals surface area contributed by atoms with Crippen LogP contribution in [0.4, 0.5) is 0 Å². The lowest BCUT2D eigenvalue weighted by molar-refractivity contribution is 0.287. The molecule has 2 nitrogen and oxygen atoms in total. The summed E-state index contributed by atoms with van der Waals surface area (Å²) < 4.78 is 11.0. The molecule has 15 heavy (non-hydrogen) atoms. The van der Waals surface area contributed by atoms with Gasteiger partial charge in [0.15, 0.2) is 11.5 Å². The van der Waals surface area contributed by atoms with Gasteiger partial charge in [0.25, 0.3) is 0 Å². The second-order valence-corrected chi connectivity index (χ2v) is 3.14. The van der Waals surface area contributed by atoms with Crippen LogP contribution in [-0.2, 0) is 6.42 Å². The molecular formula is C13H18O2. The Morgan fingerprint density at radius 1 is 1.13 bits per heavy atom. The third-order valence-electron chi connectivity index (χ3n) is 1.99. The fourth-order valence-electron chi connectivity index (χ4n) is 1.39. The number of ether oxygens (including phenoxy) is 2. The summed E-state index contributed by atoms with van der Waals surface area (Å²) in [6.45, 7) is 8.96. The number of hydrogen-bond acceptors (Lipinski definition) is 2. The standard InChI is InChI=1S/C13H18O2/c1-4-7-11-8-9-12(14-5-2)13(10-11)15-6-3/h4,8-10H,1,5-7H2,2-3H3. The number of rotatable bonds is 6. The molecule has 0 aliphatic carbocycles. The fourth-order valence-corrected chi connectivity index (χ4v) is 1.39. The van der Waals surface area contributed by atoms with E-state index in [0.717, 1.165) is 17.9 Å². The molecule has 82 valence electrons. The van der Waals surface area contributed by atoms with Gasteiger partial charge < -0.3 is 9.47 Å². The van der Waals surface area contributed by atoms with Crippen LogP contribution in [0.15, 0.2) is 30.9 Å². The molecule has 0 bridgehead atoms. The van der Waals surface area contributed by atoms with Gasteiger partial charge in [-0.1, -0.05) is 12.1 Å². The van der Waals surface area contributed by atoms with E-state index in [1.807, 2.05) is 38.1 Å². The van der Waals surface area contributed by atoms with Crippen molar-refractivity contribution in [2.45, 2.75) is 20.3 Å². The summed E-state index contributed by atoms with van der Waals surface area (Å²) in [6.07, 6.45) is 2.73. The lowest BCUT2D eigenvalue weighted by Gasteiger charge is -2.11. The van der Waals surface area contributed by atoms with Crippen molar-refractivity contribution in [3.05, 3.63) is 36.4 Å². The minimum Gasteiger partial charge on any atom is -0.490 e. The summed E-state index contributed by atoms with van der Waals surface area (Å²) in [7, 11) is 0. The molecule has 0 saturated heterocycles. The van der Waals surface area contributed by atoms with E-state index in [9.17, 15) is 0 Å². The van der Waals surface area contributed by atoms with Crippen LogP contribution in [0, 0.1) is 0 Å². The zero-order valence-corrected chi connectivity index (χ0v) is 9.45. The number of hydrogen-bond donors (Lipinski definition) is 0. The van der Waals surface area contributed by atoms with Crippen LogP contribution in [0.1, 0.15) is 19.4 Å². The average molecular weight is 206 g/mol. The first-order chi connectivity index (χ1) is 7.31. The van der Waals surface area contributed by atoms with Gasteiger partial charge in [-0.3, -0.25) is 0 Å². The first kappa shape index (κ1) is 11.6. The second-order valence-electron chi connectivity index (χ2n) is 3.14. The molecule has 1 aromatic carbocycles. The highest BCUT2D eigenvalue weighted by Crippen LogP contribution is 2.28. The van der Waals surface area contributed by atoms with Crippen LogP contribution in [0.2, 0.25) is 0 Å². The molecular weight excluding hydrogens is 188 g/mol. The minimum atomic E-state index is 0.650. The lowest BCUT2D eigenvalue weighted by atomic mass is 10.1. The van der Waals surface area contributed by atoms with Crippen molar-refractivity contribution in [1.82, 2.24) is 0 Å². The Hall–Kier alpha value is -1.44. The van der Waals surface area contributed by atoms with Gasteiger partial charge in [-0.05, 0) is 38.0 Å². The molecule has 0 aromatic heterocycles. The smallest absolute Gasteiger partial charge is 0.161 e. The molecule has 0 aliphatic heterocycles. The minimum absolute atomic E-state index is 0.650. The first-order valence-corrected chi connectivity index (χ1v) is 5.31. The van der Waals surface area contributed by atoms with Crippen molar-refractivity contribution in [2.75, 3.05) is 13.2 Å². The SMILES string of the molecule is C=CCc1ccc(OCC)c(OCC)c1. The maximum Gasteiger partial charge on any atom is 0.161 e. The van der Waals surface area contributed by atoms with Gasteiger partial charge in [0, 0.05) is 0 Å². The van der Waals surface area contributed by atoms with E-state index in [-0.39, 0.29) is 0 Å². The van der Waals surface area contributed by atoms with Crippen molar-refractivity contribution < 1.29 is 9.47 Å². The monoisotopic (exact) mass is 206 g/mol.